The van der Waals surface area contributed by atoms with Crippen LogP contribution in [-0.4, -0.2) is 29.5 Å². The van der Waals surface area contributed by atoms with Crippen LogP contribution in [0, 0.1) is 5.82 Å². The van der Waals surface area contributed by atoms with Gasteiger partial charge in [0.1, 0.15) is 5.82 Å². The van der Waals surface area contributed by atoms with Crippen LogP contribution in [0.3, 0.4) is 0 Å². The lowest BCUT2D eigenvalue weighted by Gasteiger charge is -2.10. The van der Waals surface area contributed by atoms with E-state index in [1.165, 1.54) is 6.07 Å². The van der Waals surface area contributed by atoms with Crippen LogP contribution >= 0.6 is 15.9 Å². The van der Waals surface area contributed by atoms with Crippen molar-refractivity contribution < 1.29 is 14.6 Å². The van der Waals surface area contributed by atoms with E-state index in [-0.39, 0.29) is 13.2 Å². The second-order valence-electron chi connectivity index (χ2n) is 2.84. The number of nitrogens with one attached hydrogen (secondary N) is 1. The van der Waals surface area contributed by atoms with E-state index in [2.05, 4.69) is 21.2 Å². The summed E-state index contributed by atoms with van der Waals surface area (Å²) in [7, 11) is 0. The van der Waals surface area contributed by atoms with Gasteiger partial charge in [-0.1, -0.05) is 15.9 Å². The van der Waals surface area contributed by atoms with Gasteiger partial charge in [-0.2, -0.15) is 0 Å². The van der Waals surface area contributed by atoms with E-state index in [1.807, 2.05) is 0 Å². The molecule has 1 atom stereocenters. The van der Waals surface area contributed by atoms with Crippen molar-refractivity contribution in [2.24, 2.45) is 0 Å². The Kier molecular flexibility index (Phi) is 4.31. The van der Waals surface area contributed by atoms with Crippen molar-refractivity contribution in [3.63, 3.8) is 0 Å². The summed E-state index contributed by atoms with van der Waals surface area (Å²) in [6.45, 7) is -0.222. The quantitative estimate of drug-likeness (QED) is 0.769. The smallest absolute Gasteiger partial charge is 0.147 e. The summed E-state index contributed by atoms with van der Waals surface area (Å²) in [4.78, 5) is 0. The molecule has 0 aliphatic carbocycles. The van der Waals surface area contributed by atoms with Crippen LogP contribution in [-0.2, 0) is 0 Å². The summed E-state index contributed by atoms with van der Waals surface area (Å²) in [5.41, 5.74) is 0.306. The van der Waals surface area contributed by atoms with Gasteiger partial charge in [-0.25, -0.2) is 4.39 Å². The molecule has 0 amide bonds. The lowest BCUT2D eigenvalue weighted by Crippen LogP contribution is -2.23. The molecule has 0 heterocycles. The Morgan fingerprint density at radius 1 is 1.50 bits per heavy atom. The number of hydrogen-bond acceptors (Lipinski definition) is 3. The van der Waals surface area contributed by atoms with E-state index in [9.17, 15) is 4.39 Å². The molecule has 0 fully saturated rings. The fraction of sp³-hybridized carbons (Fsp3) is 0.333. The molecule has 0 saturated heterocycles. The number of halogens is 2. The van der Waals surface area contributed by atoms with Crippen LogP contribution in [0.4, 0.5) is 10.1 Å². The molecular weight excluding hydrogens is 253 g/mol. The van der Waals surface area contributed by atoms with E-state index >= 15 is 0 Å². The molecule has 5 heteroatoms. The van der Waals surface area contributed by atoms with Gasteiger partial charge in [0.2, 0.25) is 0 Å². The number of rotatable bonds is 4. The van der Waals surface area contributed by atoms with Crippen molar-refractivity contribution in [3.8, 4) is 0 Å². The third-order valence-electron chi connectivity index (χ3n) is 1.67. The highest BCUT2D eigenvalue weighted by atomic mass is 79.9. The number of anilines is 1. The molecule has 0 bridgehead atoms. The predicted octanol–water partition coefficient (Wildman–Crippen LogP) is 1.35. The fourth-order valence-corrected chi connectivity index (χ4v) is 1.26. The zero-order valence-corrected chi connectivity index (χ0v) is 8.96. The number of hydrogen-bond donors (Lipinski definition) is 3. The molecule has 0 aliphatic rings. The van der Waals surface area contributed by atoms with E-state index in [4.69, 9.17) is 10.2 Å². The monoisotopic (exact) mass is 263 g/mol. The normalized spacial score (nSPS) is 12.6. The van der Waals surface area contributed by atoms with Crippen LogP contribution in [0.2, 0.25) is 0 Å². The second kappa shape index (κ2) is 5.29. The Labute approximate surface area is 89.7 Å². The first-order valence-corrected chi connectivity index (χ1v) is 4.90. The lowest BCUT2D eigenvalue weighted by molar-refractivity contribution is 0.105. The average molecular weight is 264 g/mol. The first-order valence-electron chi connectivity index (χ1n) is 4.11. The first-order chi connectivity index (χ1) is 6.63. The Morgan fingerprint density at radius 2 is 2.21 bits per heavy atom. The molecule has 0 aromatic heterocycles. The minimum absolute atomic E-state index is 0.120. The highest BCUT2D eigenvalue weighted by Gasteiger charge is 2.05. The van der Waals surface area contributed by atoms with Crippen molar-refractivity contribution in [2.45, 2.75) is 6.10 Å². The Morgan fingerprint density at radius 3 is 2.79 bits per heavy atom. The van der Waals surface area contributed by atoms with Gasteiger partial charge in [0, 0.05) is 11.0 Å². The fourth-order valence-electron chi connectivity index (χ4n) is 0.925. The Hall–Kier alpha value is -0.650. The van der Waals surface area contributed by atoms with Gasteiger partial charge < -0.3 is 15.5 Å². The molecule has 14 heavy (non-hydrogen) atoms. The molecule has 78 valence electrons. The highest BCUT2D eigenvalue weighted by Crippen LogP contribution is 2.19. The van der Waals surface area contributed by atoms with E-state index in [1.54, 1.807) is 12.1 Å². The van der Waals surface area contributed by atoms with E-state index in [0.29, 0.717) is 10.2 Å². The van der Waals surface area contributed by atoms with Crippen LogP contribution in [0.5, 0.6) is 0 Å². The van der Waals surface area contributed by atoms with Gasteiger partial charge >= 0.3 is 0 Å². The van der Waals surface area contributed by atoms with Crippen LogP contribution in [0.25, 0.3) is 0 Å². The molecule has 0 aliphatic heterocycles. The van der Waals surface area contributed by atoms with E-state index < -0.39 is 11.9 Å². The van der Waals surface area contributed by atoms with Gasteiger partial charge in [0.15, 0.2) is 0 Å². The first kappa shape index (κ1) is 11.4. The van der Waals surface area contributed by atoms with Crippen LogP contribution < -0.4 is 5.32 Å². The molecule has 0 radical (unpaired) electrons. The molecular formula is C9H11BrFNO2. The maximum absolute atomic E-state index is 13.2. The summed E-state index contributed by atoms with van der Waals surface area (Å²) in [5.74, 6) is -0.399. The molecule has 0 saturated carbocycles. The zero-order valence-electron chi connectivity index (χ0n) is 7.37. The standard InChI is InChI=1S/C9H11BrFNO2/c10-6-1-2-9(8(11)3-6)12-4-7(14)5-13/h1-3,7,12-14H,4-5H2/t7-/m0/s1. The molecule has 1 aromatic rings. The second-order valence-corrected chi connectivity index (χ2v) is 3.76. The van der Waals surface area contributed by atoms with E-state index in [0.717, 1.165) is 0 Å². The Balaban J connectivity index is 2.59. The number of benzene rings is 1. The van der Waals surface area contributed by atoms with Crippen molar-refractivity contribution in [3.05, 3.63) is 28.5 Å². The summed E-state index contributed by atoms with van der Waals surface area (Å²) < 4.78 is 13.8. The third kappa shape index (κ3) is 3.25. The van der Waals surface area contributed by atoms with Gasteiger partial charge in [-0.3, -0.25) is 0 Å². The molecule has 0 spiro atoms. The minimum Gasteiger partial charge on any atom is -0.394 e. The molecule has 3 N–H and O–H groups in total. The van der Waals surface area contributed by atoms with Crippen molar-refractivity contribution in [1.82, 2.24) is 0 Å². The predicted molar refractivity (Wildman–Crippen MR) is 55.7 cm³/mol. The summed E-state index contributed by atoms with van der Waals surface area (Å²) in [5, 5.41) is 20.2. The Bertz CT molecular complexity index is 309. The third-order valence-corrected chi connectivity index (χ3v) is 2.16. The summed E-state index contributed by atoms with van der Waals surface area (Å²) in [6, 6.07) is 4.58. The minimum atomic E-state index is -0.877. The van der Waals surface area contributed by atoms with Crippen molar-refractivity contribution >= 4 is 21.6 Å². The summed E-state index contributed by atoms with van der Waals surface area (Å²) >= 11 is 3.13. The SMILES string of the molecule is OC[C@@H](O)CNc1ccc(Br)cc1F. The topological polar surface area (TPSA) is 52.5 Å². The van der Waals surface area contributed by atoms with Crippen LogP contribution in [0.1, 0.15) is 0 Å². The molecule has 1 aromatic carbocycles. The van der Waals surface area contributed by atoms with Gasteiger partial charge in [0.25, 0.3) is 0 Å². The van der Waals surface area contributed by atoms with Gasteiger partial charge in [-0.15, -0.1) is 0 Å². The maximum Gasteiger partial charge on any atom is 0.147 e. The largest absolute Gasteiger partial charge is 0.394 e. The molecule has 1 rings (SSSR count). The van der Waals surface area contributed by atoms with Crippen LogP contribution in [0.15, 0.2) is 22.7 Å². The maximum atomic E-state index is 13.2. The van der Waals surface area contributed by atoms with Crippen molar-refractivity contribution in [2.75, 3.05) is 18.5 Å². The number of aliphatic hydroxyl groups is 2. The van der Waals surface area contributed by atoms with Crippen molar-refractivity contribution in [1.29, 1.82) is 0 Å². The average Bonchev–Trinajstić information content (AvgIpc) is 2.16. The number of aliphatic hydroxyl groups excluding tert-OH is 2. The van der Waals surface area contributed by atoms with Gasteiger partial charge in [0.05, 0.1) is 18.4 Å². The molecule has 3 nitrogen and oxygen atoms in total. The molecule has 0 unspecified atom stereocenters. The summed E-state index contributed by atoms with van der Waals surface area (Å²) in [6.07, 6.45) is -0.877. The zero-order chi connectivity index (χ0) is 10.6. The highest BCUT2D eigenvalue weighted by molar-refractivity contribution is 9.10. The van der Waals surface area contributed by atoms with Gasteiger partial charge in [-0.05, 0) is 18.2 Å². The lowest BCUT2D eigenvalue weighted by atomic mass is 10.3.